The summed E-state index contributed by atoms with van der Waals surface area (Å²) in [5.41, 5.74) is 0.138. The van der Waals surface area contributed by atoms with Crippen molar-refractivity contribution in [3.05, 3.63) is 52.1 Å². The summed E-state index contributed by atoms with van der Waals surface area (Å²) in [6, 6.07) is 5.91. The molecule has 1 aromatic rings. The Labute approximate surface area is 105 Å². The Kier molecular flexibility index (Phi) is 3.86. The van der Waals surface area contributed by atoms with E-state index in [4.69, 9.17) is 4.74 Å². The maximum absolute atomic E-state index is 11.5. The van der Waals surface area contributed by atoms with Crippen molar-refractivity contribution in [3.63, 3.8) is 0 Å². The minimum Gasteiger partial charge on any atom is -0.451 e. The third-order valence-electron chi connectivity index (χ3n) is 2.47. The van der Waals surface area contributed by atoms with Crippen molar-refractivity contribution in [2.45, 2.75) is 26.4 Å². The summed E-state index contributed by atoms with van der Waals surface area (Å²) in [6.07, 6.45) is 0. The third kappa shape index (κ3) is 3.16. The normalized spacial score (nSPS) is 10.8. The number of benzene rings is 1. The van der Waals surface area contributed by atoms with E-state index in [-0.39, 0.29) is 5.69 Å². The minimum absolute atomic E-state index is 0.000720. The summed E-state index contributed by atoms with van der Waals surface area (Å²) in [7, 11) is 0. The number of ether oxygens (including phenoxy) is 1. The molecule has 5 heteroatoms. The molecule has 0 saturated carbocycles. The maximum Gasteiger partial charge on any atom is 0.333 e. The molecule has 0 amide bonds. The van der Waals surface area contributed by atoms with E-state index in [1.165, 1.54) is 12.1 Å². The maximum atomic E-state index is 11.5. The molecule has 5 nitrogen and oxygen atoms in total. The van der Waals surface area contributed by atoms with Crippen molar-refractivity contribution < 1.29 is 14.5 Å². The summed E-state index contributed by atoms with van der Waals surface area (Å²) < 4.78 is 5.28. The second-order valence-corrected chi connectivity index (χ2v) is 4.48. The molecule has 1 aromatic carbocycles. The zero-order valence-corrected chi connectivity index (χ0v) is 10.6. The Morgan fingerprint density at radius 2 is 1.83 bits per heavy atom. The highest BCUT2D eigenvalue weighted by atomic mass is 16.6. The Hall–Kier alpha value is -2.17. The predicted octanol–water partition coefficient (Wildman–Crippen LogP) is 2.95. The summed E-state index contributed by atoms with van der Waals surface area (Å²) in [5.74, 6) is -0.488. The van der Waals surface area contributed by atoms with Crippen molar-refractivity contribution >= 4 is 11.7 Å². The van der Waals surface area contributed by atoms with Gasteiger partial charge in [0.05, 0.1) is 4.92 Å². The molecular formula is C13H15NO4. The van der Waals surface area contributed by atoms with Crippen molar-refractivity contribution in [2.24, 2.45) is 0 Å². The van der Waals surface area contributed by atoms with Crippen LogP contribution in [0.5, 0.6) is 0 Å². The van der Waals surface area contributed by atoms with Gasteiger partial charge in [0.2, 0.25) is 0 Å². The molecule has 0 aliphatic carbocycles. The smallest absolute Gasteiger partial charge is 0.333 e. The second-order valence-electron chi connectivity index (χ2n) is 4.48. The average Bonchev–Trinajstić information content (AvgIpc) is 2.28. The summed E-state index contributed by atoms with van der Waals surface area (Å²) in [4.78, 5) is 21.5. The molecule has 0 aliphatic rings. The average molecular weight is 249 g/mol. The van der Waals surface area contributed by atoms with E-state index in [1.807, 2.05) is 0 Å². The number of non-ortho nitro benzene ring substituents is 1. The largest absolute Gasteiger partial charge is 0.451 e. The lowest BCUT2D eigenvalue weighted by Crippen LogP contribution is -2.25. The van der Waals surface area contributed by atoms with E-state index in [0.717, 1.165) is 0 Å². The van der Waals surface area contributed by atoms with E-state index < -0.39 is 16.5 Å². The van der Waals surface area contributed by atoms with Crippen molar-refractivity contribution in [1.82, 2.24) is 0 Å². The molecule has 0 spiro atoms. The van der Waals surface area contributed by atoms with E-state index in [2.05, 4.69) is 6.58 Å². The monoisotopic (exact) mass is 249 g/mol. The van der Waals surface area contributed by atoms with Gasteiger partial charge in [-0.2, -0.15) is 0 Å². The van der Waals surface area contributed by atoms with Gasteiger partial charge in [0.25, 0.3) is 5.69 Å². The lowest BCUT2D eigenvalue weighted by Gasteiger charge is -2.25. The van der Waals surface area contributed by atoms with E-state index >= 15 is 0 Å². The van der Waals surface area contributed by atoms with Crippen molar-refractivity contribution in [1.29, 1.82) is 0 Å². The molecule has 0 unspecified atom stereocenters. The number of hydrogen-bond donors (Lipinski definition) is 0. The molecule has 0 fully saturated rings. The standard InChI is InChI=1S/C13H15NO4/c1-9(2)12(15)18-13(3,4)10-5-7-11(8-6-10)14(16)17/h5-8H,1H2,2-4H3. The number of rotatable bonds is 4. The van der Waals surface area contributed by atoms with Gasteiger partial charge in [-0.15, -0.1) is 0 Å². The van der Waals surface area contributed by atoms with Crippen LogP contribution >= 0.6 is 0 Å². The Morgan fingerprint density at radius 3 is 2.22 bits per heavy atom. The number of hydrogen-bond acceptors (Lipinski definition) is 4. The molecule has 96 valence electrons. The highest BCUT2D eigenvalue weighted by molar-refractivity contribution is 5.87. The van der Waals surface area contributed by atoms with Crippen LogP contribution < -0.4 is 0 Å². The predicted molar refractivity (Wildman–Crippen MR) is 67.0 cm³/mol. The van der Waals surface area contributed by atoms with Crippen LogP contribution in [-0.2, 0) is 15.1 Å². The summed E-state index contributed by atoms with van der Waals surface area (Å²) in [5, 5.41) is 10.5. The number of nitro benzene ring substituents is 1. The first kappa shape index (κ1) is 13.9. The molecule has 1 rings (SSSR count). The molecule has 0 saturated heterocycles. The van der Waals surface area contributed by atoms with E-state index in [9.17, 15) is 14.9 Å². The first-order valence-electron chi connectivity index (χ1n) is 5.38. The Bertz CT molecular complexity index is 488. The van der Waals surface area contributed by atoms with Crippen LogP contribution in [-0.4, -0.2) is 10.9 Å². The van der Waals surface area contributed by atoms with Gasteiger partial charge in [-0.05, 0) is 38.5 Å². The molecule has 0 radical (unpaired) electrons. The quantitative estimate of drug-likeness (QED) is 0.356. The fourth-order valence-corrected chi connectivity index (χ4v) is 1.36. The molecule has 0 atom stereocenters. The highest BCUT2D eigenvalue weighted by Crippen LogP contribution is 2.27. The van der Waals surface area contributed by atoms with Crippen LogP contribution in [0.4, 0.5) is 5.69 Å². The topological polar surface area (TPSA) is 69.4 Å². The number of carbonyl (C=O) groups excluding carboxylic acids is 1. The minimum atomic E-state index is -0.856. The van der Waals surface area contributed by atoms with Gasteiger partial charge in [0, 0.05) is 17.7 Å². The number of carbonyl (C=O) groups is 1. The molecule has 0 bridgehead atoms. The van der Waals surface area contributed by atoms with E-state index in [0.29, 0.717) is 11.1 Å². The zero-order chi connectivity index (χ0) is 13.9. The van der Waals surface area contributed by atoms with Crippen LogP contribution in [0, 0.1) is 10.1 Å². The lowest BCUT2D eigenvalue weighted by molar-refractivity contribution is -0.384. The summed E-state index contributed by atoms with van der Waals surface area (Å²) in [6.45, 7) is 8.50. The van der Waals surface area contributed by atoms with Crippen LogP contribution in [0.15, 0.2) is 36.4 Å². The fraction of sp³-hybridized carbons (Fsp3) is 0.308. The highest BCUT2D eigenvalue weighted by Gasteiger charge is 2.26. The number of esters is 1. The second kappa shape index (κ2) is 5.00. The number of nitro groups is 1. The number of nitrogens with zero attached hydrogens (tertiary/aromatic N) is 1. The third-order valence-corrected chi connectivity index (χ3v) is 2.47. The first-order valence-corrected chi connectivity index (χ1v) is 5.38. The SMILES string of the molecule is C=C(C)C(=O)OC(C)(C)c1ccc([N+](=O)[O-])cc1. The molecule has 18 heavy (non-hydrogen) atoms. The molecule has 0 aromatic heterocycles. The van der Waals surface area contributed by atoms with Crippen LogP contribution in [0.25, 0.3) is 0 Å². The van der Waals surface area contributed by atoms with E-state index in [1.54, 1.807) is 32.9 Å². The molecule has 0 aliphatic heterocycles. The molecular weight excluding hydrogens is 234 g/mol. The van der Waals surface area contributed by atoms with Gasteiger partial charge in [-0.1, -0.05) is 6.58 Å². The van der Waals surface area contributed by atoms with Gasteiger partial charge >= 0.3 is 5.97 Å². The Balaban J connectivity index is 2.94. The van der Waals surface area contributed by atoms with Gasteiger partial charge in [0.1, 0.15) is 5.60 Å². The van der Waals surface area contributed by atoms with Gasteiger partial charge in [-0.3, -0.25) is 10.1 Å². The molecule has 0 N–H and O–H groups in total. The molecule has 0 heterocycles. The van der Waals surface area contributed by atoms with Crippen molar-refractivity contribution in [2.75, 3.05) is 0 Å². The van der Waals surface area contributed by atoms with Crippen LogP contribution in [0.1, 0.15) is 26.3 Å². The van der Waals surface area contributed by atoms with Gasteiger partial charge in [0.15, 0.2) is 0 Å². The van der Waals surface area contributed by atoms with Gasteiger partial charge in [-0.25, -0.2) is 4.79 Å². The Morgan fingerprint density at radius 1 is 1.33 bits per heavy atom. The van der Waals surface area contributed by atoms with Crippen LogP contribution in [0.2, 0.25) is 0 Å². The first-order chi connectivity index (χ1) is 8.24. The lowest BCUT2D eigenvalue weighted by atomic mass is 9.98. The fourth-order valence-electron chi connectivity index (χ4n) is 1.36. The van der Waals surface area contributed by atoms with Gasteiger partial charge < -0.3 is 4.74 Å². The van der Waals surface area contributed by atoms with Crippen LogP contribution in [0.3, 0.4) is 0 Å². The zero-order valence-electron chi connectivity index (χ0n) is 10.6. The summed E-state index contributed by atoms with van der Waals surface area (Å²) >= 11 is 0. The van der Waals surface area contributed by atoms with Crippen molar-refractivity contribution in [3.8, 4) is 0 Å².